The summed E-state index contributed by atoms with van der Waals surface area (Å²) in [6.45, 7) is 3.90. The number of ketones is 1. The molecule has 6 heteroatoms. The first-order valence-electron chi connectivity index (χ1n) is 6.97. The van der Waals surface area contributed by atoms with Crippen molar-refractivity contribution in [3.05, 3.63) is 0 Å². The summed E-state index contributed by atoms with van der Waals surface area (Å²) >= 11 is 0. The van der Waals surface area contributed by atoms with E-state index in [0.29, 0.717) is 18.6 Å². The Labute approximate surface area is 116 Å². The normalized spacial score (nSPS) is 12.0. The van der Waals surface area contributed by atoms with Crippen molar-refractivity contribution in [2.75, 3.05) is 6.61 Å². The van der Waals surface area contributed by atoms with Crippen molar-refractivity contribution < 1.29 is 21.9 Å². The van der Waals surface area contributed by atoms with Crippen LogP contribution in [-0.2, 0) is 19.4 Å². The first-order valence-corrected chi connectivity index (χ1v) is 8.34. The molecule has 0 aliphatic rings. The Kier molecular flexibility index (Phi) is 10.1. The van der Waals surface area contributed by atoms with Gasteiger partial charge in [-0.25, -0.2) is 4.18 Å². The van der Waals surface area contributed by atoms with Gasteiger partial charge in [-0.05, 0) is 12.8 Å². The maximum atomic E-state index is 11.3. The lowest BCUT2D eigenvalue weighted by Crippen LogP contribution is -2.06. The van der Waals surface area contributed by atoms with Gasteiger partial charge in [0.25, 0.3) is 0 Å². The standard InChI is InChI=1S/C13H26O5S/c1-12(2)13(14)10-8-6-4-3-5-7-9-11-18-19(15,16)17/h12H,3-11H2,1-2H3,(H,15,16,17). The van der Waals surface area contributed by atoms with Crippen LogP contribution in [0.25, 0.3) is 0 Å². The first-order chi connectivity index (χ1) is 8.83. The molecule has 0 atom stereocenters. The van der Waals surface area contributed by atoms with Crippen LogP contribution >= 0.6 is 0 Å². The molecule has 0 saturated heterocycles. The molecule has 0 fully saturated rings. The van der Waals surface area contributed by atoms with E-state index >= 15 is 0 Å². The van der Waals surface area contributed by atoms with Gasteiger partial charge in [0.1, 0.15) is 5.78 Å². The maximum absolute atomic E-state index is 11.3. The number of Topliss-reactive ketones (excluding diaryl/α,β-unsaturated/α-hetero) is 1. The first kappa shape index (κ1) is 18.5. The molecule has 0 heterocycles. The summed E-state index contributed by atoms with van der Waals surface area (Å²) in [5.74, 6) is 0.477. The van der Waals surface area contributed by atoms with Gasteiger partial charge < -0.3 is 0 Å². The summed E-state index contributed by atoms with van der Waals surface area (Å²) in [6, 6.07) is 0. The molecule has 0 aromatic rings. The summed E-state index contributed by atoms with van der Waals surface area (Å²) in [7, 11) is -4.28. The number of rotatable bonds is 12. The molecule has 0 unspecified atom stereocenters. The highest BCUT2D eigenvalue weighted by molar-refractivity contribution is 7.80. The van der Waals surface area contributed by atoms with Crippen molar-refractivity contribution in [1.29, 1.82) is 0 Å². The molecule has 0 aliphatic heterocycles. The molecule has 114 valence electrons. The van der Waals surface area contributed by atoms with Crippen LogP contribution in [-0.4, -0.2) is 25.4 Å². The van der Waals surface area contributed by atoms with Gasteiger partial charge in [-0.2, -0.15) is 8.42 Å². The summed E-state index contributed by atoms with van der Waals surface area (Å²) in [4.78, 5) is 11.3. The number of carbonyl (C=O) groups is 1. The Morgan fingerprint density at radius 3 is 1.95 bits per heavy atom. The van der Waals surface area contributed by atoms with E-state index in [1.54, 1.807) is 0 Å². The Hall–Kier alpha value is -0.460. The minimum Gasteiger partial charge on any atom is -0.299 e. The molecule has 0 radical (unpaired) electrons. The summed E-state index contributed by atoms with van der Waals surface area (Å²) in [5.41, 5.74) is 0. The molecule has 0 aromatic carbocycles. The van der Waals surface area contributed by atoms with Crippen LogP contribution in [0.15, 0.2) is 0 Å². The van der Waals surface area contributed by atoms with Gasteiger partial charge >= 0.3 is 10.4 Å². The van der Waals surface area contributed by atoms with Crippen LogP contribution in [0.1, 0.15) is 65.2 Å². The van der Waals surface area contributed by atoms with E-state index < -0.39 is 10.4 Å². The van der Waals surface area contributed by atoms with Gasteiger partial charge in [-0.15, -0.1) is 0 Å². The van der Waals surface area contributed by atoms with Crippen molar-refractivity contribution in [2.45, 2.75) is 65.2 Å². The van der Waals surface area contributed by atoms with Crippen LogP contribution in [0.4, 0.5) is 0 Å². The van der Waals surface area contributed by atoms with Crippen LogP contribution < -0.4 is 0 Å². The monoisotopic (exact) mass is 294 g/mol. The maximum Gasteiger partial charge on any atom is 0.397 e. The lowest BCUT2D eigenvalue weighted by Gasteiger charge is -2.04. The predicted molar refractivity (Wildman–Crippen MR) is 74.3 cm³/mol. The fraction of sp³-hybridized carbons (Fsp3) is 0.923. The van der Waals surface area contributed by atoms with E-state index in [1.165, 1.54) is 0 Å². The number of carbonyl (C=O) groups excluding carboxylic acids is 1. The van der Waals surface area contributed by atoms with Gasteiger partial charge in [-0.1, -0.05) is 46.0 Å². The smallest absolute Gasteiger partial charge is 0.299 e. The quantitative estimate of drug-likeness (QED) is 0.442. The van der Waals surface area contributed by atoms with Gasteiger partial charge in [0.15, 0.2) is 0 Å². The van der Waals surface area contributed by atoms with Crippen molar-refractivity contribution in [2.24, 2.45) is 5.92 Å². The average Bonchev–Trinajstić information content (AvgIpc) is 2.29. The zero-order chi connectivity index (χ0) is 14.7. The lowest BCUT2D eigenvalue weighted by molar-refractivity contribution is -0.122. The topological polar surface area (TPSA) is 80.7 Å². The van der Waals surface area contributed by atoms with Gasteiger partial charge in [0.2, 0.25) is 0 Å². The largest absolute Gasteiger partial charge is 0.397 e. The molecule has 0 saturated carbocycles. The molecule has 0 bridgehead atoms. The number of hydrogen-bond acceptors (Lipinski definition) is 4. The zero-order valence-electron chi connectivity index (χ0n) is 11.9. The summed E-state index contributed by atoms with van der Waals surface area (Å²) in [6.07, 6.45) is 7.44. The highest BCUT2D eigenvalue weighted by Gasteiger charge is 2.06. The van der Waals surface area contributed by atoms with Crippen molar-refractivity contribution in [3.8, 4) is 0 Å². The van der Waals surface area contributed by atoms with Crippen LogP contribution in [0.5, 0.6) is 0 Å². The predicted octanol–water partition coefficient (Wildman–Crippen LogP) is 3.15. The molecular weight excluding hydrogens is 268 g/mol. The SMILES string of the molecule is CC(C)C(=O)CCCCCCCCCOS(=O)(=O)O. The molecule has 0 rings (SSSR count). The number of hydrogen-bond donors (Lipinski definition) is 1. The molecule has 1 N–H and O–H groups in total. The minimum absolute atomic E-state index is 0.0434. The molecule has 0 aromatic heterocycles. The highest BCUT2D eigenvalue weighted by Crippen LogP contribution is 2.10. The fourth-order valence-electron chi connectivity index (χ4n) is 1.74. The minimum atomic E-state index is -4.28. The Morgan fingerprint density at radius 1 is 1.00 bits per heavy atom. The highest BCUT2D eigenvalue weighted by atomic mass is 32.3. The second kappa shape index (κ2) is 10.3. The van der Waals surface area contributed by atoms with E-state index in [4.69, 9.17) is 4.55 Å². The van der Waals surface area contributed by atoms with Crippen LogP contribution in [0.2, 0.25) is 0 Å². The lowest BCUT2D eigenvalue weighted by atomic mass is 10.0. The van der Waals surface area contributed by atoms with Crippen molar-refractivity contribution >= 4 is 16.2 Å². The van der Waals surface area contributed by atoms with E-state index in [2.05, 4.69) is 4.18 Å². The Balaban J connectivity index is 3.22. The third-order valence-electron chi connectivity index (χ3n) is 2.94. The molecule has 0 amide bonds. The zero-order valence-corrected chi connectivity index (χ0v) is 12.7. The van der Waals surface area contributed by atoms with Crippen LogP contribution in [0.3, 0.4) is 0 Å². The second-order valence-corrected chi connectivity index (χ2v) is 6.19. The van der Waals surface area contributed by atoms with Crippen molar-refractivity contribution in [1.82, 2.24) is 0 Å². The average molecular weight is 294 g/mol. The van der Waals surface area contributed by atoms with E-state index in [-0.39, 0.29) is 12.5 Å². The van der Waals surface area contributed by atoms with E-state index in [0.717, 1.165) is 38.5 Å². The Morgan fingerprint density at radius 2 is 1.47 bits per heavy atom. The molecule has 5 nitrogen and oxygen atoms in total. The molecular formula is C13H26O5S. The Bertz CT molecular complexity index is 335. The van der Waals surface area contributed by atoms with E-state index in [1.807, 2.05) is 13.8 Å². The number of unbranched alkanes of at least 4 members (excludes halogenated alkanes) is 6. The second-order valence-electron chi connectivity index (χ2n) is 5.10. The molecule has 0 spiro atoms. The van der Waals surface area contributed by atoms with Gasteiger partial charge in [0, 0.05) is 12.3 Å². The van der Waals surface area contributed by atoms with Crippen molar-refractivity contribution in [3.63, 3.8) is 0 Å². The third kappa shape index (κ3) is 13.8. The van der Waals surface area contributed by atoms with Crippen LogP contribution in [0, 0.1) is 5.92 Å². The molecule has 19 heavy (non-hydrogen) atoms. The fourth-order valence-corrected chi connectivity index (χ4v) is 2.07. The van der Waals surface area contributed by atoms with Gasteiger partial charge in [0.05, 0.1) is 6.61 Å². The summed E-state index contributed by atoms with van der Waals surface area (Å²) < 4.78 is 33.0. The van der Waals surface area contributed by atoms with E-state index in [9.17, 15) is 13.2 Å². The third-order valence-corrected chi connectivity index (χ3v) is 3.41. The van der Waals surface area contributed by atoms with Gasteiger partial charge in [-0.3, -0.25) is 9.35 Å². The molecule has 0 aliphatic carbocycles. The summed E-state index contributed by atoms with van der Waals surface area (Å²) in [5, 5.41) is 0.